The number of hydrogen-bond acceptors (Lipinski definition) is 4. The van der Waals surface area contributed by atoms with Crippen LogP contribution < -0.4 is 10.1 Å². The Bertz CT molecular complexity index is 844. The van der Waals surface area contributed by atoms with E-state index in [1.165, 1.54) is 30.6 Å². The van der Waals surface area contributed by atoms with Crippen LogP contribution >= 0.6 is 0 Å². The number of hydrogen-bond donors (Lipinski definition) is 1. The van der Waals surface area contributed by atoms with Gasteiger partial charge in [0.2, 0.25) is 10.0 Å². The van der Waals surface area contributed by atoms with Gasteiger partial charge in [-0.25, -0.2) is 8.42 Å². The second-order valence-electron chi connectivity index (χ2n) is 6.26. The van der Waals surface area contributed by atoms with E-state index in [-0.39, 0.29) is 23.4 Å². The Morgan fingerprint density at radius 2 is 1.65 bits per heavy atom. The highest BCUT2D eigenvalue weighted by atomic mass is 32.2. The molecule has 0 aliphatic carbocycles. The maximum absolute atomic E-state index is 12.7. The number of carbonyl (C=O) groups is 1. The molecule has 2 aromatic rings. The van der Waals surface area contributed by atoms with Crippen LogP contribution in [0.15, 0.2) is 53.4 Å². The number of carbonyl (C=O) groups excluding carboxylic acids is 1. The van der Waals surface area contributed by atoms with Crippen molar-refractivity contribution < 1.29 is 17.9 Å². The monoisotopic (exact) mass is 376 g/mol. The van der Waals surface area contributed by atoms with Gasteiger partial charge in [0.25, 0.3) is 5.91 Å². The highest BCUT2D eigenvalue weighted by Crippen LogP contribution is 2.20. The van der Waals surface area contributed by atoms with Crippen molar-refractivity contribution in [2.24, 2.45) is 0 Å². The summed E-state index contributed by atoms with van der Waals surface area (Å²) in [6, 6.07) is 13.2. The van der Waals surface area contributed by atoms with Crippen LogP contribution in [-0.4, -0.2) is 38.8 Å². The normalized spacial score (nSPS) is 11.6. The molecule has 0 radical (unpaired) electrons. The Morgan fingerprint density at radius 1 is 1.08 bits per heavy atom. The summed E-state index contributed by atoms with van der Waals surface area (Å²) in [4.78, 5) is 12.2. The SMILES string of the molecule is COc1ccc(S(=O)(=O)N(C)Cc2ccc(C(=O)NC(C)C)cc2)cc1. The van der Waals surface area contributed by atoms with Crippen molar-refractivity contribution >= 4 is 15.9 Å². The van der Waals surface area contributed by atoms with Crippen LogP contribution in [0.5, 0.6) is 5.75 Å². The summed E-state index contributed by atoms with van der Waals surface area (Å²) in [5, 5.41) is 2.82. The van der Waals surface area contributed by atoms with E-state index < -0.39 is 10.0 Å². The topological polar surface area (TPSA) is 75.7 Å². The fraction of sp³-hybridized carbons (Fsp3) is 0.316. The molecule has 0 unspecified atom stereocenters. The van der Waals surface area contributed by atoms with E-state index in [0.717, 1.165) is 5.56 Å². The predicted octanol–water partition coefficient (Wildman–Crippen LogP) is 2.65. The van der Waals surface area contributed by atoms with Gasteiger partial charge in [0.15, 0.2) is 0 Å². The van der Waals surface area contributed by atoms with Crippen LogP contribution in [-0.2, 0) is 16.6 Å². The minimum atomic E-state index is -3.61. The van der Waals surface area contributed by atoms with Crippen molar-refractivity contribution in [3.8, 4) is 5.75 Å². The van der Waals surface area contributed by atoms with Crippen molar-refractivity contribution in [1.29, 1.82) is 0 Å². The van der Waals surface area contributed by atoms with Crippen LogP contribution in [0, 0.1) is 0 Å². The van der Waals surface area contributed by atoms with Crippen molar-refractivity contribution in [1.82, 2.24) is 9.62 Å². The average Bonchev–Trinajstić information content (AvgIpc) is 2.61. The van der Waals surface area contributed by atoms with Gasteiger partial charge in [-0.05, 0) is 55.8 Å². The quantitative estimate of drug-likeness (QED) is 0.806. The summed E-state index contributed by atoms with van der Waals surface area (Å²) in [5.74, 6) is 0.452. The lowest BCUT2D eigenvalue weighted by molar-refractivity contribution is 0.0943. The van der Waals surface area contributed by atoms with Gasteiger partial charge < -0.3 is 10.1 Å². The number of methoxy groups -OCH3 is 1. The molecule has 7 heteroatoms. The molecule has 0 aliphatic rings. The summed E-state index contributed by atoms with van der Waals surface area (Å²) in [5.41, 5.74) is 1.34. The first-order valence-corrected chi connectivity index (χ1v) is 9.68. The Hall–Kier alpha value is -2.38. The summed E-state index contributed by atoms with van der Waals surface area (Å²) >= 11 is 0. The molecular formula is C19H24N2O4S. The van der Waals surface area contributed by atoms with E-state index >= 15 is 0 Å². The van der Waals surface area contributed by atoms with E-state index in [4.69, 9.17) is 4.74 Å². The van der Waals surface area contributed by atoms with E-state index in [1.54, 1.807) is 36.4 Å². The molecule has 0 saturated heterocycles. The van der Waals surface area contributed by atoms with Gasteiger partial charge in [-0.2, -0.15) is 4.31 Å². The molecule has 2 aromatic carbocycles. The third-order valence-electron chi connectivity index (χ3n) is 3.81. The lowest BCUT2D eigenvalue weighted by Crippen LogP contribution is -2.30. The molecule has 0 spiro atoms. The molecule has 0 fully saturated rings. The van der Waals surface area contributed by atoms with E-state index in [1.807, 2.05) is 13.8 Å². The number of sulfonamides is 1. The summed E-state index contributed by atoms with van der Waals surface area (Å²) < 4.78 is 31.6. The van der Waals surface area contributed by atoms with E-state index in [2.05, 4.69) is 5.32 Å². The molecule has 0 heterocycles. The molecule has 0 aromatic heterocycles. The van der Waals surface area contributed by atoms with Crippen LogP contribution in [0.1, 0.15) is 29.8 Å². The Kier molecular flexibility index (Phi) is 6.39. The number of nitrogens with one attached hydrogen (secondary N) is 1. The number of nitrogens with zero attached hydrogens (tertiary/aromatic N) is 1. The fourth-order valence-electron chi connectivity index (χ4n) is 2.38. The van der Waals surface area contributed by atoms with Gasteiger partial charge in [-0.3, -0.25) is 4.79 Å². The molecule has 1 N–H and O–H groups in total. The zero-order valence-electron chi connectivity index (χ0n) is 15.4. The number of rotatable bonds is 7. The number of benzene rings is 2. The van der Waals surface area contributed by atoms with Crippen molar-refractivity contribution in [3.63, 3.8) is 0 Å². The summed E-state index contributed by atoms with van der Waals surface area (Å²) in [6.45, 7) is 4.00. The average molecular weight is 376 g/mol. The maximum atomic E-state index is 12.7. The van der Waals surface area contributed by atoms with Crippen LogP contribution in [0.4, 0.5) is 0 Å². The molecule has 0 atom stereocenters. The molecule has 26 heavy (non-hydrogen) atoms. The van der Waals surface area contributed by atoms with Gasteiger partial charge in [0, 0.05) is 25.2 Å². The van der Waals surface area contributed by atoms with Gasteiger partial charge in [-0.15, -0.1) is 0 Å². The van der Waals surface area contributed by atoms with Gasteiger partial charge >= 0.3 is 0 Å². The molecule has 1 amide bonds. The molecule has 140 valence electrons. The first-order valence-electron chi connectivity index (χ1n) is 8.24. The molecule has 2 rings (SSSR count). The minimum Gasteiger partial charge on any atom is -0.497 e. The van der Waals surface area contributed by atoms with E-state index in [9.17, 15) is 13.2 Å². The second-order valence-corrected chi connectivity index (χ2v) is 8.31. The number of amides is 1. The zero-order chi connectivity index (χ0) is 19.3. The van der Waals surface area contributed by atoms with Gasteiger partial charge in [0.05, 0.1) is 12.0 Å². The summed E-state index contributed by atoms with van der Waals surface area (Å²) in [6.07, 6.45) is 0. The molecule has 0 bridgehead atoms. The highest BCUT2D eigenvalue weighted by molar-refractivity contribution is 7.89. The molecule has 6 nitrogen and oxygen atoms in total. The predicted molar refractivity (Wildman–Crippen MR) is 101 cm³/mol. The van der Waals surface area contributed by atoms with E-state index in [0.29, 0.717) is 11.3 Å². The van der Waals surface area contributed by atoms with Crippen molar-refractivity contribution in [2.75, 3.05) is 14.2 Å². The standard InChI is InChI=1S/C19H24N2O4S/c1-14(2)20-19(22)16-7-5-15(6-8-16)13-21(3)26(23,24)18-11-9-17(25-4)10-12-18/h5-12,14H,13H2,1-4H3,(H,20,22). The van der Waals surface area contributed by atoms with Crippen molar-refractivity contribution in [2.45, 2.75) is 31.3 Å². The fourth-order valence-corrected chi connectivity index (χ4v) is 3.54. The smallest absolute Gasteiger partial charge is 0.251 e. The number of ether oxygens (including phenoxy) is 1. The second kappa shape index (κ2) is 8.33. The Morgan fingerprint density at radius 3 is 2.15 bits per heavy atom. The molecule has 0 aliphatic heterocycles. The third kappa shape index (κ3) is 4.83. The Labute approximate surface area is 154 Å². The van der Waals surface area contributed by atoms with Crippen molar-refractivity contribution in [3.05, 3.63) is 59.7 Å². The minimum absolute atomic E-state index is 0.0583. The van der Waals surface area contributed by atoms with Gasteiger partial charge in [0.1, 0.15) is 5.75 Å². The van der Waals surface area contributed by atoms with Crippen LogP contribution in [0.25, 0.3) is 0 Å². The maximum Gasteiger partial charge on any atom is 0.251 e. The third-order valence-corrected chi connectivity index (χ3v) is 5.63. The lowest BCUT2D eigenvalue weighted by atomic mass is 10.1. The largest absolute Gasteiger partial charge is 0.497 e. The van der Waals surface area contributed by atoms with Gasteiger partial charge in [-0.1, -0.05) is 12.1 Å². The Balaban J connectivity index is 2.10. The first-order chi connectivity index (χ1) is 12.2. The van der Waals surface area contributed by atoms with Crippen LogP contribution in [0.2, 0.25) is 0 Å². The lowest BCUT2D eigenvalue weighted by Gasteiger charge is -2.18. The zero-order valence-corrected chi connectivity index (χ0v) is 16.2. The molecule has 0 saturated carbocycles. The molecular weight excluding hydrogens is 352 g/mol. The summed E-state index contributed by atoms with van der Waals surface area (Å²) in [7, 11) is -0.551. The van der Waals surface area contributed by atoms with Crippen LogP contribution in [0.3, 0.4) is 0 Å². The first kappa shape index (κ1) is 19.9. The highest BCUT2D eigenvalue weighted by Gasteiger charge is 2.21.